The number of anilines is 1. The summed E-state index contributed by atoms with van der Waals surface area (Å²) in [5.74, 6) is -0.259. The number of aryl methyl sites for hydroxylation is 3. The molecule has 2 aromatic rings. The van der Waals surface area contributed by atoms with Crippen LogP contribution in [0.1, 0.15) is 57.7 Å². The van der Waals surface area contributed by atoms with E-state index in [1.165, 1.54) is 42.4 Å². The summed E-state index contributed by atoms with van der Waals surface area (Å²) in [6.07, 6.45) is 8.86. The van der Waals surface area contributed by atoms with E-state index >= 15 is 0 Å². The van der Waals surface area contributed by atoms with Crippen LogP contribution in [0.5, 0.6) is 0 Å². The number of nitrogens with one attached hydrogen (secondary N) is 1. The van der Waals surface area contributed by atoms with Gasteiger partial charge in [0.15, 0.2) is 5.11 Å². The second-order valence-electron chi connectivity index (χ2n) is 8.72. The number of fused-ring (bicyclic) bond motifs is 1. The molecule has 0 radical (unpaired) electrons. The molecule has 1 saturated heterocycles. The highest BCUT2D eigenvalue weighted by Gasteiger charge is 2.27. The van der Waals surface area contributed by atoms with Crippen molar-refractivity contribution in [3.63, 3.8) is 0 Å². The summed E-state index contributed by atoms with van der Waals surface area (Å²) in [4.78, 5) is 18.6. The number of thiophene rings is 1. The van der Waals surface area contributed by atoms with Crippen molar-refractivity contribution in [1.82, 2.24) is 19.6 Å². The highest BCUT2D eigenvalue weighted by Crippen LogP contribution is 2.37. The van der Waals surface area contributed by atoms with E-state index in [4.69, 9.17) is 17.0 Å². The first kappa shape index (κ1) is 23.2. The van der Waals surface area contributed by atoms with Gasteiger partial charge in [0.2, 0.25) is 0 Å². The number of ether oxygens (including phenoxy) is 1. The number of hydrogen-bond acceptors (Lipinski definition) is 6. The Balaban J connectivity index is 1.41. The van der Waals surface area contributed by atoms with E-state index in [1.807, 2.05) is 11.7 Å². The molecular weight excluding hydrogens is 442 g/mol. The quantitative estimate of drug-likeness (QED) is 0.534. The molecule has 2 aliphatic rings. The Morgan fingerprint density at radius 1 is 1.19 bits per heavy atom. The lowest BCUT2D eigenvalue weighted by atomic mass is 9.96. The number of hydrogen-bond donors (Lipinski definition) is 1. The first-order chi connectivity index (χ1) is 15.5. The average Bonchev–Trinajstić information content (AvgIpc) is 3.25. The first-order valence-corrected chi connectivity index (χ1v) is 12.7. The van der Waals surface area contributed by atoms with E-state index in [-0.39, 0.29) is 5.97 Å². The molecule has 9 heteroatoms. The Bertz CT molecular complexity index is 975. The van der Waals surface area contributed by atoms with Gasteiger partial charge in [-0.25, -0.2) is 4.79 Å². The number of methoxy groups -OCH3 is 1. The lowest BCUT2D eigenvalue weighted by molar-refractivity contribution is 0.0601. The van der Waals surface area contributed by atoms with E-state index in [9.17, 15) is 4.79 Å². The molecule has 0 atom stereocenters. The Kier molecular flexibility index (Phi) is 7.48. The number of esters is 1. The summed E-state index contributed by atoms with van der Waals surface area (Å²) >= 11 is 7.44. The van der Waals surface area contributed by atoms with Crippen molar-refractivity contribution in [2.24, 2.45) is 7.05 Å². The van der Waals surface area contributed by atoms with E-state index in [0.717, 1.165) is 62.7 Å². The predicted octanol–water partition coefficient (Wildman–Crippen LogP) is 3.75. The van der Waals surface area contributed by atoms with Crippen molar-refractivity contribution in [1.29, 1.82) is 0 Å². The number of thiocarbonyl (C=S) groups is 1. The Labute approximate surface area is 199 Å². The molecular formula is C23H33N5O2S2. The number of aromatic nitrogens is 2. The third kappa shape index (κ3) is 5.15. The van der Waals surface area contributed by atoms with Gasteiger partial charge in [0.25, 0.3) is 0 Å². The number of carbonyl (C=O) groups excluding carboxylic acids is 1. The molecule has 1 fully saturated rings. The standard InChI is InChI=1S/C23H33N5O2S2/c1-16-17(14-26(2)25-16)15-27-10-12-28(13-11-27)23(31)24-21-20(22(29)30-3)18-8-6-4-5-7-9-19(18)32-21/h14H,4-13,15H2,1-3H3,(H,24,31). The highest BCUT2D eigenvalue weighted by atomic mass is 32.1. The maximum atomic E-state index is 12.6. The number of rotatable bonds is 4. The fourth-order valence-electron chi connectivity index (χ4n) is 4.66. The second-order valence-corrected chi connectivity index (χ2v) is 10.2. The van der Waals surface area contributed by atoms with Crippen LogP contribution in [0, 0.1) is 6.92 Å². The van der Waals surface area contributed by atoms with Gasteiger partial charge in [-0.1, -0.05) is 12.8 Å². The van der Waals surface area contributed by atoms with Crippen LogP contribution >= 0.6 is 23.6 Å². The van der Waals surface area contributed by atoms with Gasteiger partial charge in [0.05, 0.1) is 18.4 Å². The van der Waals surface area contributed by atoms with Gasteiger partial charge < -0.3 is 15.0 Å². The van der Waals surface area contributed by atoms with Crippen molar-refractivity contribution in [3.05, 3.63) is 33.5 Å². The van der Waals surface area contributed by atoms with E-state index in [2.05, 4.69) is 33.3 Å². The lowest BCUT2D eigenvalue weighted by Crippen LogP contribution is -2.49. The van der Waals surface area contributed by atoms with Crippen LogP contribution in [-0.2, 0) is 31.2 Å². The molecule has 1 aliphatic carbocycles. The normalized spacial score (nSPS) is 17.4. The van der Waals surface area contributed by atoms with Gasteiger partial charge in [-0.05, 0) is 50.4 Å². The van der Waals surface area contributed by atoms with Crippen LogP contribution in [0.3, 0.4) is 0 Å². The van der Waals surface area contributed by atoms with E-state index in [0.29, 0.717) is 10.7 Å². The lowest BCUT2D eigenvalue weighted by Gasteiger charge is -2.36. The van der Waals surface area contributed by atoms with Crippen LogP contribution in [-0.4, -0.2) is 64.0 Å². The smallest absolute Gasteiger partial charge is 0.341 e. The minimum Gasteiger partial charge on any atom is -0.465 e. The molecule has 0 saturated carbocycles. The minimum atomic E-state index is -0.259. The van der Waals surface area contributed by atoms with Gasteiger partial charge in [0.1, 0.15) is 5.00 Å². The molecule has 4 rings (SSSR count). The molecule has 1 aliphatic heterocycles. The van der Waals surface area contributed by atoms with Crippen molar-refractivity contribution in [2.75, 3.05) is 38.6 Å². The van der Waals surface area contributed by atoms with Gasteiger partial charge in [-0.15, -0.1) is 11.3 Å². The SMILES string of the molecule is COC(=O)c1c(NC(=S)N2CCN(Cc3cn(C)nc3C)CC2)sc2c1CCCCCC2. The summed E-state index contributed by atoms with van der Waals surface area (Å²) in [6.45, 7) is 6.60. The monoisotopic (exact) mass is 475 g/mol. The Morgan fingerprint density at radius 2 is 1.91 bits per heavy atom. The summed E-state index contributed by atoms with van der Waals surface area (Å²) in [7, 11) is 3.42. The zero-order valence-corrected chi connectivity index (χ0v) is 20.9. The van der Waals surface area contributed by atoms with E-state index < -0.39 is 0 Å². The highest BCUT2D eigenvalue weighted by molar-refractivity contribution is 7.80. The van der Waals surface area contributed by atoms with Crippen LogP contribution < -0.4 is 5.32 Å². The maximum absolute atomic E-state index is 12.6. The summed E-state index contributed by atoms with van der Waals surface area (Å²) in [5.41, 5.74) is 4.24. The van der Waals surface area contributed by atoms with Gasteiger partial charge in [0, 0.05) is 56.4 Å². The topological polar surface area (TPSA) is 62.6 Å². The van der Waals surface area contributed by atoms with Crippen molar-refractivity contribution in [2.45, 2.75) is 52.0 Å². The Hall–Kier alpha value is -1.97. The molecule has 0 aromatic carbocycles. The maximum Gasteiger partial charge on any atom is 0.341 e. The number of carbonyl (C=O) groups is 1. The van der Waals surface area contributed by atoms with Gasteiger partial charge in [-0.3, -0.25) is 9.58 Å². The zero-order valence-electron chi connectivity index (χ0n) is 19.3. The van der Waals surface area contributed by atoms with Crippen LogP contribution in [0.25, 0.3) is 0 Å². The number of piperazine rings is 1. The largest absolute Gasteiger partial charge is 0.465 e. The zero-order chi connectivity index (χ0) is 22.7. The molecule has 0 spiro atoms. The summed E-state index contributed by atoms with van der Waals surface area (Å²) < 4.78 is 7.02. The average molecular weight is 476 g/mol. The fourth-order valence-corrected chi connectivity index (χ4v) is 6.28. The van der Waals surface area contributed by atoms with Gasteiger partial charge in [-0.2, -0.15) is 5.10 Å². The molecule has 7 nitrogen and oxygen atoms in total. The predicted molar refractivity (Wildman–Crippen MR) is 133 cm³/mol. The van der Waals surface area contributed by atoms with Crippen molar-refractivity contribution >= 4 is 39.6 Å². The molecule has 0 bridgehead atoms. The molecule has 0 amide bonds. The second kappa shape index (κ2) is 10.3. The third-order valence-corrected chi connectivity index (χ3v) is 8.02. The van der Waals surface area contributed by atoms with Gasteiger partial charge >= 0.3 is 5.97 Å². The number of nitrogens with zero attached hydrogens (tertiary/aromatic N) is 4. The minimum absolute atomic E-state index is 0.259. The molecule has 1 N–H and O–H groups in total. The Morgan fingerprint density at radius 3 is 2.56 bits per heavy atom. The fraction of sp³-hybridized carbons (Fsp3) is 0.609. The van der Waals surface area contributed by atoms with Crippen LogP contribution in [0.2, 0.25) is 0 Å². The summed E-state index contributed by atoms with van der Waals surface area (Å²) in [6, 6.07) is 0. The van der Waals surface area contributed by atoms with Crippen LogP contribution in [0.4, 0.5) is 5.00 Å². The molecule has 2 aromatic heterocycles. The van der Waals surface area contributed by atoms with Crippen molar-refractivity contribution in [3.8, 4) is 0 Å². The van der Waals surface area contributed by atoms with Crippen molar-refractivity contribution < 1.29 is 9.53 Å². The molecule has 174 valence electrons. The van der Waals surface area contributed by atoms with Crippen LogP contribution in [0.15, 0.2) is 6.20 Å². The first-order valence-electron chi connectivity index (χ1n) is 11.5. The molecule has 32 heavy (non-hydrogen) atoms. The third-order valence-electron chi connectivity index (χ3n) is 6.45. The van der Waals surface area contributed by atoms with E-state index in [1.54, 1.807) is 11.3 Å². The molecule has 3 heterocycles. The molecule has 0 unspecified atom stereocenters. The summed E-state index contributed by atoms with van der Waals surface area (Å²) in [5, 5.41) is 9.41.